The molecule has 0 unspecified atom stereocenters. The third-order valence-electron chi connectivity index (χ3n) is 5.17. The van der Waals surface area contributed by atoms with Crippen molar-refractivity contribution in [1.29, 1.82) is 0 Å². The van der Waals surface area contributed by atoms with Gasteiger partial charge in [-0.1, -0.05) is 54.6 Å². The van der Waals surface area contributed by atoms with E-state index < -0.39 is 0 Å². The van der Waals surface area contributed by atoms with E-state index in [0.29, 0.717) is 11.1 Å². The molecule has 4 nitrogen and oxygen atoms in total. The number of aromatic nitrogens is 1. The van der Waals surface area contributed by atoms with E-state index >= 15 is 0 Å². The number of fused-ring (bicyclic) bond motifs is 1. The maximum Gasteiger partial charge on any atom is 0.244 e. The SMILES string of the molecule is Cc1ccc(NC(=O)Cn2cc(C(=O)c3ccccc3)c3ccccc32)cc1C. The number of amides is 1. The largest absolute Gasteiger partial charge is 0.337 e. The maximum absolute atomic E-state index is 13.0. The van der Waals surface area contributed by atoms with E-state index in [9.17, 15) is 9.59 Å². The molecule has 0 aliphatic carbocycles. The molecule has 0 aliphatic heterocycles. The highest BCUT2D eigenvalue weighted by Gasteiger charge is 2.17. The highest BCUT2D eigenvalue weighted by molar-refractivity contribution is 6.16. The highest BCUT2D eigenvalue weighted by Crippen LogP contribution is 2.24. The number of benzene rings is 3. The fraction of sp³-hybridized carbons (Fsp3) is 0.120. The van der Waals surface area contributed by atoms with Gasteiger partial charge in [-0.3, -0.25) is 9.59 Å². The summed E-state index contributed by atoms with van der Waals surface area (Å²) in [5, 5.41) is 3.80. The molecular formula is C25H22N2O2. The molecule has 1 heterocycles. The average Bonchev–Trinajstić information content (AvgIpc) is 3.09. The van der Waals surface area contributed by atoms with Crippen molar-refractivity contribution in [3.8, 4) is 0 Å². The van der Waals surface area contributed by atoms with Crippen LogP contribution in [0, 0.1) is 13.8 Å². The molecule has 0 saturated carbocycles. The van der Waals surface area contributed by atoms with Crippen LogP contribution in [0.25, 0.3) is 10.9 Å². The first-order valence-electron chi connectivity index (χ1n) is 9.57. The molecule has 0 radical (unpaired) electrons. The van der Waals surface area contributed by atoms with Crippen molar-refractivity contribution in [2.24, 2.45) is 0 Å². The number of carbonyl (C=O) groups is 2. The number of hydrogen-bond acceptors (Lipinski definition) is 2. The van der Waals surface area contributed by atoms with E-state index in [1.54, 1.807) is 18.3 Å². The van der Waals surface area contributed by atoms with Crippen LogP contribution in [0.3, 0.4) is 0 Å². The van der Waals surface area contributed by atoms with Gasteiger partial charge < -0.3 is 9.88 Å². The first kappa shape index (κ1) is 18.7. The Hall–Kier alpha value is -3.66. The molecular weight excluding hydrogens is 360 g/mol. The summed E-state index contributed by atoms with van der Waals surface area (Å²) in [5.41, 5.74) is 5.19. The molecule has 0 atom stereocenters. The van der Waals surface area contributed by atoms with Crippen molar-refractivity contribution < 1.29 is 9.59 Å². The van der Waals surface area contributed by atoms with E-state index in [2.05, 4.69) is 5.32 Å². The van der Waals surface area contributed by atoms with Gasteiger partial charge in [0.1, 0.15) is 6.54 Å². The summed E-state index contributed by atoms with van der Waals surface area (Å²) in [6.45, 7) is 4.19. The predicted octanol–water partition coefficient (Wildman–Crippen LogP) is 5.13. The third kappa shape index (κ3) is 3.83. The zero-order valence-corrected chi connectivity index (χ0v) is 16.5. The molecule has 0 fully saturated rings. The zero-order chi connectivity index (χ0) is 20.4. The number of para-hydroxylation sites is 1. The zero-order valence-electron chi connectivity index (χ0n) is 16.5. The van der Waals surface area contributed by atoms with Gasteiger partial charge in [-0.15, -0.1) is 0 Å². The minimum atomic E-state index is -0.132. The lowest BCUT2D eigenvalue weighted by atomic mass is 10.0. The van der Waals surface area contributed by atoms with Crippen LogP contribution in [0.5, 0.6) is 0 Å². The number of aryl methyl sites for hydroxylation is 2. The summed E-state index contributed by atoms with van der Waals surface area (Å²) in [6, 6.07) is 22.7. The molecule has 29 heavy (non-hydrogen) atoms. The van der Waals surface area contributed by atoms with E-state index in [1.165, 1.54) is 5.56 Å². The maximum atomic E-state index is 13.0. The number of carbonyl (C=O) groups excluding carboxylic acids is 2. The summed E-state index contributed by atoms with van der Waals surface area (Å²) in [4.78, 5) is 25.7. The Morgan fingerprint density at radius 2 is 1.59 bits per heavy atom. The predicted molar refractivity (Wildman–Crippen MR) is 116 cm³/mol. The van der Waals surface area contributed by atoms with Gasteiger partial charge in [0.05, 0.1) is 0 Å². The van der Waals surface area contributed by atoms with Crippen LogP contribution in [0.4, 0.5) is 5.69 Å². The second kappa shape index (κ2) is 7.76. The molecule has 4 rings (SSSR count). The standard InChI is InChI=1S/C25H22N2O2/c1-17-12-13-20(14-18(17)2)26-24(28)16-27-15-22(21-10-6-7-11-23(21)27)25(29)19-8-4-3-5-9-19/h3-15H,16H2,1-2H3,(H,26,28). The van der Waals surface area contributed by atoms with E-state index in [4.69, 9.17) is 0 Å². The molecule has 4 aromatic rings. The summed E-state index contributed by atoms with van der Waals surface area (Å²) in [6.07, 6.45) is 1.78. The van der Waals surface area contributed by atoms with Crippen molar-refractivity contribution in [3.63, 3.8) is 0 Å². The molecule has 144 valence electrons. The van der Waals surface area contributed by atoms with Crippen LogP contribution in [0.1, 0.15) is 27.0 Å². The van der Waals surface area contributed by atoms with Gasteiger partial charge in [-0.25, -0.2) is 0 Å². The molecule has 0 aliphatic rings. The number of ketones is 1. The van der Waals surface area contributed by atoms with Crippen LogP contribution in [-0.2, 0) is 11.3 Å². The van der Waals surface area contributed by atoms with Gasteiger partial charge >= 0.3 is 0 Å². The van der Waals surface area contributed by atoms with Crippen molar-refractivity contribution in [2.45, 2.75) is 20.4 Å². The van der Waals surface area contributed by atoms with Gasteiger partial charge in [0.15, 0.2) is 5.78 Å². The van der Waals surface area contributed by atoms with E-state index in [-0.39, 0.29) is 18.2 Å². The van der Waals surface area contributed by atoms with Crippen molar-refractivity contribution in [1.82, 2.24) is 4.57 Å². The van der Waals surface area contributed by atoms with Gasteiger partial charge in [-0.2, -0.15) is 0 Å². The van der Waals surface area contributed by atoms with Crippen LogP contribution in [-0.4, -0.2) is 16.3 Å². The summed E-state index contributed by atoms with van der Waals surface area (Å²) < 4.78 is 1.84. The quantitative estimate of drug-likeness (QED) is 0.487. The Labute approximate surface area is 169 Å². The van der Waals surface area contributed by atoms with E-state index in [0.717, 1.165) is 22.2 Å². The molecule has 4 heteroatoms. The molecule has 0 saturated heterocycles. The normalized spacial score (nSPS) is 10.8. The Balaban J connectivity index is 1.63. The minimum Gasteiger partial charge on any atom is -0.337 e. The van der Waals surface area contributed by atoms with E-state index in [1.807, 2.05) is 79.1 Å². The highest BCUT2D eigenvalue weighted by atomic mass is 16.2. The second-order valence-electron chi connectivity index (χ2n) is 7.23. The summed E-state index contributed by atoms with van der Waals surface area (Å²) in [5.74, 6) is -0.178. The number of hydrogen-bond donors (Lipinski definition) is 1. The van der Waals surface area contributed by atoms with Crippen LogP contribution in [0.2, 0.25) is 0 Å². The smallest absolute Gasteiger partial charge is 0.244 e. The number of rotatable bonds is 5. The van der Waals surface area contributed by atoms with Gasteiger partial charge in [0.25, 0.3) is 0 Å². The van der Waals surface area contributed by atoms with Gasteiger partial charge in [-0.05, 0) is 43.2 Å². The molecule has 1 amide bonds. The summed E-state index contributed by atoms with van der Waals surface area (Å²) >= 11 is 0. The van der Waals surface area contributed by atoms with Crippen molar-refractivity contribution in [3.05, 3.63) is 101 Å². The van der Waals surface area contributed by atoms with Gasteiger partial charge in [0, 0.05) is 33.9 Å². The lowest BCUT2D eigenvalue weighted by molar-refractivity contribution is -0.116. The monoisotopic (exact) mass is 382 g/mol. The lowest BCUT2D eigenvalue weighted by Crippen LogP contribution is -2.18. The Kier molecular flexibility index (Phi) is 5.00. The molecule has 1 aromatic heterocycles. The summed E-state index contributed by atoms with van der Waals surface area (Å²) in [7, 11) is 0. The Morgan fingerprint density at radius 3 is 2.34 bits per heavy atom. The lowest BCUT2D eigenvalue weighted by Gasteiger charge is -2.09. The van der Waals surface area contributed by atoms with Crippen LogP contribution in [0.15, 0.2) is 79.0 Å². The van der Waals surface area contributed by atoms with Crippen LogP contribution < -0.4 is 5.32 Å². The number of nitrogens with zero attached hydrogens (tertiary/aromatic N) is 1. The molecule has 1 N–H and O–H groups in total. The molecule has 3 aromatic carbocycles. The Morgan fingerprint density at radius 1 is 0.862 bits per heavy atom. The topological polar surface area (TPSA) is 51.1 Å². The van der Waals surface area contributed by atoms with Crippen LogP contribution >= 0.6 is 0 Å². The second-order valence-corrected chi connectivity index (χ2v) is 7.23. The molecule has 0 bridgehead atoms. The first-order valence-corrected chi connectivity index (χ1v) is 9.57. The van der Waals surface area contributed by atoms with Gasteiger partial charge in [0.2, 0.25) is 5.91 Å². The first-order chi connectivity index (χ1) is 14.0. The Bertz CT molecular complexity index is 1210. The van der Waals surface area contributed by atoms with Crippen molar-refractivity contribution >= 4 is 28.3 Å². The number of anilines is 1. The minimum absolute atomic E-state index is 0.0462. The third-order valence-corrected chi connectivity index (χ3v) is 5.17. The number of nitrogens with one attached hydrogen (secondary N) is 1. The van der Waals surface area contributed by atoms with Crippen molar-refractivity contribution in [2.75, 3.05) is 5.32 Å². The molecule has 0 spiro atoms. The fourth-order valence-electron chi connectivity index (χ4n) is 3.48. The fourth-order valence-corrected chi connectivity index (χ4v) is 3.48. The average molecular weight is 382 g/mol.